The zero-order valence-electron chi connectivity index (χ0n) is 40.9. The van der Waals surface area contributed by atoms with Gasteiger partial charge in [-0.2, -0.15) is 4.57 Å². The predicted molar refractivity (Wildman–Crippen MR) is 264 cm³/mol. The Morgan fingerprint density at radius 1 is 0.625 bits per heavy atom. The minimum Gasteiger partial charge on any atom is -0.392 e. The third-order valence-electron chi connectivity index (χ3n) is 14.4. The van der Waals surface area contributed by atoms with Crippen molar-refractivity contribution >= 4 is 11.0 Å². The molecule has 4 nitrogen and oxygen atoms in total. The van der Waals surface area contributed by atoms with Crippen molar-refractivity contribution < 1.29 is 15.2 Å². The largest absolute Gasteiger partial charge is 0.499 e. The van der Waals surface area contributed by atoms with Crippen LogP contribution in [0.3, 0.4) is 0 Å². The summed E-state index contributed by atoms with van der Waals surface area (Å²) in [4.78, 5) is 0. The van der Waals surface area contributed by atoms with Crippen LogP contribution in [0.2, 0.25) is 0 Å². The van der Waals surface area contributed by atoms with E-state index in [0.717, 1.165) is 56.2 Å². The van der Waals surface area contributed by atoms with E-state index < -0.39 is 11.7 Å². The lowest BCUT2D eigenvalue weighted by Crippen LogP contribution is -2.78. The summed E-state index contributed by atoms with van der Waals surface area (Å²) in [6.07, 6.45) is 2.28. The molecule has 4 heteroatoms. The highest BCUT2D eigenvalue weighted by molar-refractivity contribution is 5.98. The van der Waals surface area contributed by atoms with Crippen molar-refractivity contribution in [1.29, 1.82) is 0 Å². The Labute approximate surface area is 381 Å². The third-order valence-corrected chi connectivity index (χ3v) is 14.4. The molecule has 0 radical (unpaired) electrons. The van der Waals surface area contributed by atoms with Gasteiger partial charge in [0.05, 0.1) is 5.56 Å². The summed E-state index contributed by atoms with van der Waals surface area (Å²) in [7, 11) is 0. The van der Waals surface area contributed by atoms with Crippen LogP contribution in [-0.2, 0) is 16.7 Å². The second-order valence-electron chi connectivity index (χ2n) is 21.5. The molecule has 0 saturated carbocycles. The molecule has 1 atom stereocenters. The van der Waals surface area contributed by atoms with Crippen molar-refractivity contribution in [3.63, 3.8) is 0 Å². The van der Waals surface area contributed by atoms with E-state index in [1.165, 1.54) is 66.8 Å². The summed E-state index contributed by atoms with van der Waals surface area (Å²) in [5, 5.41) is 0. The number of fused-ring (bicyclic) bond motifs is 5. The Kier molecular flexibility index (Phi) is 8.38. The van der Waals surface area contributed by atoms with Gasteiger partial charge in [-0.1, -0.05) is 130 Å². The average molecular weight is 841 g/mol. The minimum absolute atomic E-state index is 0.0757. The number of hydrogen-bond donors (Lipinski definition) is 0. The second-order valence-corrected chi connectivity index (χ2v) is 21.5. The molecule has 0 fully saturated rings. The molecule has 320 valence electrons. The quantitative estimate of drug-likeness (QED) is 0.158. The molecule has 5 heterocycles. The lowest BCUT2D eigenvalue weighted by Gasteiger charge is -2.33. The molecule has 8 aromatic rings. The van der Waals surface area contributed by atoms with Gasteiger partial charge in [-0.15, -0.1) is 9.13 Å². The molecule has 0 N–H and O–H groups in total. The van der Waals surface area contributed by atoms with Crippen LogP contribution in [0.15, 0.2) is 121 Å². The summed E-state index contributed by atoms with van der Waals surface area (Å²) >= 11 is 0. The molecule has 1 spiro atoms. The average Bonchev–Trinajstić information content (AvgIpc) is 3.74. The van der Waals surface area contributed by atoms with Crippen molar-refractivity contribution in [2.24, 2.45) is 0 Å². The van der Waals surface area contributed by atoms with Crippen molar-refractivity contribution in [1.82, 2.24) is 4.57 Å². The van der Waals surface area contributed by atoms with Gasteiger partial charge >= 0.3 is 11.7 Å². The number of rotatable bonds is 5. The summed E-state index contributed by atoms with van der Waals surface area (Å²) in [6.45, 7) is 29.0. The van der Waals surface area contributed by atoms with Gasteiger partial charge in [0.1, 0.15) is 16.8 Å². The van der Waals surface area contributed by atoms with Gasteiger partial charge in [-0.3, -0.25) is 0 Å². The molecule has 0 aliphatic carbocycles. The zero-order chi connectivity index (χ0) is 45.9. The Bertz CT molecular complexity index is 3350. The fourth-order valence-corrected chi connectivity index (χ4v) is 11.2. The van der Waals surface area contributed by atoms with Crippen molar-refractivity contribution in [2.75, 3.05) is 0 Å². The van der Waals surface area contributed by atoms with Crippen molar-refractivity contribution in [3.8, 4) is 67.5 Å². The van der Waals surface area contributed by atoms with E-state index in [-0.39, 0.29) is 10.8 Å². The fourth-order valence-electron chi connectivity index (χ4n) is 11.2. The molecule has 1 unspecified atom stereocenters. The van der Waals surface area contributed by atoms with Crippen molar-refractivity contribution in [3.05, 3.63) is 166 Å². The molecule has 0 saturated heterocycles. The molecule has 0 bridgehead atoms. The second kappa shape index (κ2) is 13.6. The molecule has 3 aliphatic heterocycles. The molecular formula is C60H61N3O+2. The Hall–Kier alpha value is -6.26. The maximum absolute atomic E-state index is 9.21. The number of benzene rings is 6. The van der Waals surface area contributed by atoms with E-state index in [1.54, 1.807) is 0 Å². The van der Waals surface area contributed by atoms with Gasteiger partial charge in [0.15, 0.2) is 23.0 Å². The molecule has 2 aromatic heterocycles. The number of para-hydroxylation sites is 1. The van der Waals surface area contributed by atoms with Gasteiger partial charge in [-0.25, -0.2) is 0 Å². The number of hydrogen-bond acceptors (Lipinski definition) is 1. The van der Waals surface area contributed by atoms with Crippen LogP contribution in [0.25, 0.3) is 72.7 Å². The maximum atomic E-state index is 9.21. The number of nitrogens with zero attached hydrogens (tertiary/aromatic N) is 3. The summed E-state index contributed by atoms with van der Waals surface area (Å²) < 4.78 is 24.5. The standard InChI is InChI=1S/C60H61N3O/c1-34(2)44-16-14-17-45(35(3)4)53(44)41-22-25-50(37(6)30-41)62-51-19-15-18-46-47-32-43(59(11,12)13)33-48-52-31-40(39-20-23-42(24-21-39)58(8,9)10)26-27-61(52)60(54(47)48)63(55(46)51)57(62)49-29-36(5)28-38(7)56(49)64-60/h14-35H,1-13H3/q+2/i34D. The lowest BCUT2D eigenvalue weighted by atomic mass is 9.80. The molecule has 6 aromatic carbocycles. The van der Waals surface area contributed by atoms with Crippen LogP contribution in [-0.4, -0.2) is 4.57 Å². The van der Waals surface area contributed by atoms with Crippen molar-refractivity contribution in [2.45, 2.75) is 118 Å². The van der Waals surface area contributed by atoms with Gasteiger partial charge in [-0.05, 0) is 147 Å². The Balaban J connectivity index is 1.24. The number of imidazole rings is 1. The Morgan fingerprint density at radius 2 is 1.31 bits per heavy atom. The Morgan fingerprint density at radius 3 is 2.00 bits per heavy atom. The fraction of sp³-hybridized carbons (Fsp3) is 0.300. The molecule has 3 aliphatic rings. The van der Waals surface area contributed by atoms with Crippen LogP contribution in [0.5, 0.6) is 5.75 Å². The number of pyridine rings is 1. The van der Waals surface area contributed by atoms with Crippen LogP contribution < -0.4 is 13.9 Å². The minimum atomic E-state index is -1.04. The summed E-state index contributed by atoms with van der Waals surface area (Å²) in [5.41, 5.74) is 23.6. The third kappa shape index (κ3) is 5.60. The van der Waals surface area contributed by atoms with E-state index in [9.17, 15) is 1.37 Å². The van der Waals surface area contributed by atoms with Gasteiger partial charge in [0.25, 0.3) is 0 Å². The smallest absolute Gasteiger partial charge is 0.392 e. The molecule has 11 rings (SSSR count). The number of aryl methyl sites for hydroxylation is 3. The van der Waals surface area contributed by atoms with Crippen LogP contribution in [0.1, 0.15) is 127 Å². The van der Waals surface area contributed by atoms with E-state index >= 15 is 0 Å². The SMILES string of the molecule is [2H]C(C)(C)c1cccc(C(C)C)c1-c1ccc(-n2c3[n+]4c5c(cccc52)-c2cc(C(C)(C)C)cc5c2C4(Oc2c(C)cc(C)cc2-3)[n+]2ccc(-c3ccc(C(C)(C)C)cc3)cc2-5)c(C)c1. The zero-order valence-corrected chi connectivity index (χ0v) is 39.9. The molecule has 0 amide bonds. The maximum Gasteiger partial charge on any atom is 0.499 e. The highest BCUT2D eigenvalue weighted by Crippen LogP contribution is 2.55. The van der Waals surface area contributed by atoms with Crippen LogP contribution >= 0.6 is 0 Å². The highest BCUT2D eigenvalue weighted by Gasteiger charge is 2.68. The summed E-state index contributed by atoms with van der Waals surface area (Å²) in [6, 6.07) is 43.6. The van der Waals surface area contributed by atoms with E-state index in [1.807, 2.05) is 13.8 Å². The van der Waals surface area contributed by atoms with Crippen LogP contribution in [0.4, 0.5) is 0 Å². The van der Waals surface area contributed by atoms with Gasteiger partial charge in [0.2, 0.25) is 5.69 Å². The summed E-state index contributed by atoms with van der Waals surface area (Å²) in [5.74, 6) is 0.524. The first-order chi connectivity index (χ1) is 30.7. The van der Waals surface area contributed by atoms with E-state index in [4.69, 9.17) is 4.74 Å². The predicted octanol–water partition coefficient (Wildman–Crippen LogP) is 14.5. The monoisotopic (exact) mass is 840 g/mol. The van der Waals surface area contributed by atoms with Crippen LogP contribution in [0, 0.1) is 20.8 Å². The first kappa shape index (κ1) is 39.3. The van der Waals surface area contributed by atoms with E-state index in [2.05, 4.69) is 211 Å². The van der Waals surface area contributed by atoms with Gasteiger partial charge in [0, 0.05) is 24.6 Å². The first-order valence-corrected chi connectivity index (χ1v) is 23.2. The lowest BCUT2D eigenvalue weighted by molar-refractivity contribution is -0.997. The highest BCUT2D eigenvalue weighted by atomic mass is 16.5. The number of aromatic nitrogens is 3. The number of ether oxygens (including phenoxy) is 1. The first-order valence-electron chi connectivity index (χ1n) is 23.7. The molecule has 64 heavy (non-hydrogen) atoms. The topological polar surface area (TPSA) is 21.9 Å². The molecular weight excluding hydrogens is 779 g/mol. The normalized spacial score (nSPS) is 16.1. The van der Waals surface area contributed by atoms with E-state index in [0.29, 0.717) is 5.92 Å². The van der Waals surface area contributed by atoms with Gasteiger partial charge < -0.3 is 4.74 Å².